The first kappa shape index (κ1) is 15.8. The van der Waals surface area contributed by atoms with E-state index >= 15 is 0 Å². The molecule has 1 aliphatic rings. The van der Waals surface area contributed by atoms with Crippen molar-refractivity contribution in [2.75, 3.05) is 31.2 Å². The Morgan fingerprint density at radius 1 is 0.960 bits per heavy atom. The molecule has 0 unspecified atom stereocenters. The molecule has 128 valence electrons. The summed E-state index contributed by atoms with van der Waals surface area (Å²) in [4.78, 5) is 15.7. The number of rotatable bonds is 4. The van der Waals surface area contributed by atoms with Gasteiger partial charge in [-0.1, -0.05) is 6.92 Å². The van der Waals surface area contributed by atoms with Gasteiger partial charge in [0.15, 0.2) is 5.82 Å². The van der Waals surface area contributed by atoms with E-state index in [1.165, 1.54) is 5.69 Å². The molecular weight excluding hydrogens is 314 g/mol. The van der Waals surface area contributed by atoms with Gasteiger partial charge in [0, 0.05) is 49.5 Å². The normalized spacial score (nSPS) is 14.7. The standard InChI is InChI=1S/C19H21N5O/c1-2-18-20-8-7-17(22-18)19-21-9-10-24(19)16-5-3-15(4-6-16)23-11-13-25-14-12-23/h3-10H,2,11-14H2,1H3. The molecule has 2 aromatic heterocycles. The van der Waals surface area contributed by atoms with Crippen molar-refractivity contribution in [3.63, 3.8) is 0 Å². The van der Waals surface area contributed by atoms with E-state index in [1.807, 2.05) is 12.3 Å². The Morgan fingerprint density at radius 2 is 1.72 bits per heavy atom. The lowest BCUT2D eigenvalue weighted by Gasteiger charge is -2.29. The van der Waals surface area contributed by atoms with Crippen molar-refractivity contribution in [2.45, 2.75) is 13.3 Å². The second-order valence-corrected chi connectivity index (χ2v) is 5.95. The van der Waals surface area contributed by atoms with Crippen LogP contribution in [0, 0.1) is 0 Å². The number of benzene rings is 1. The Morgan fingerprint density at radius 3 is 2.48 bits per heavy atom. The summed E-state index contributed by atoms with van der Waals surface area (Å²) >= 11 is 0. The molecule has 0 amide bonds. The molecule has 1 aromatic carbocycles. The molecule has 0 aliphatic carbocycles. The number of aryl methyl sites for hydroxylation is 1. The van der Waals surface area contributed by atoms with Crippen LogP contribution in [0.5, 0.6) is 0 Å². The third-order valence-electron chi connectivity index (χ3n) is 4.40. The maximum absolute atomic E-state index is 5.42. The molecule has 1 aliphatic heterocycles. The van der Waals surface area contributed by atoms with Gasteiger partial charge in [-0.25, -0.2) is 15.0 Å². The first-order chi connectivity index (χ1) is 12.3. The predicted octanol–water partition coefficient (Wildman–Crippen LogP) is 2.73. The Labute approximate surface area is 147 Å². The molecule has 0 N–H and O–H groups in total. The number of hydrogen-bond donors (Lipinski definition) is 0. The van der Waals surface area contributed by atoms with Crippen molar-refractivity contribution in [3.8, 4) is 17.2 Å². The van der Waals surface area contributed by atoms with Gasteiger partial charge in [-0.15, -0.1) is 0 Å². The van der Waals surface area contributed by atoms with Crippen LogP contribution in [0.4, 0.5) is 5.69 Å². The lowest BCUT2D eigenvalue weighted by Crippen LogP contribution is -2.36. The van der Waals surface area contributed by atoms with E-state index in [4.69, 9.17) is 4.74 Å². The Balaban J connectivity index is 1.63. The molecule has 3 heterocycles. The lowest BCUT2D eigenvalue weighted by atomic mass is 10.2. The van der Waals surface area contributed by atoms with Crippen molar-refractivity contribution in [1.82, 2.24) is 19.5 Å². The zero-order valence-corrected chi connectivity index (χ0v) is 14.3. The summed E-state index contributed by atoms with van der Waals surface area (Å²) in [6.07, 6.45) is 6.37. The van der Waals surface area contributed by atoms with Crippen LogP contribution < -0.4 is 4.90 Å². The number of morpholine rings is 1. The van der Waals surface area contributed by atoms with Crippen LogP contribution in [0.25, 0.3) is 17.2 Å². The minimum atomic E-state index is 0.793. The molecular formula is C19H21N5O. The van der Waals surface area contributed by atoms with E-state index in [2.05, 4.69) is 55.6 Å². The zero-order valence-electron chi connectivity index (χ0n) is 14.3. The number of imidazole rings is 1. The van der Waals surface area contributed by atoms with Gasteiger partial charge in [-0.2, -0.15) is 0 Å². The third kappa shape index (κ3) is 3.25. The van der Waals surface area contributed by atoms with Crippen LogP contribution in [0.2, 0.25) is 0 Å². The number of hydrogen-bond acceptors (Lipinski definition) is 5. The maximum Gasteiger partial charge on any atom is 0.163 e. The van der Waals surface area contributed by atoms with Gasteiger partial charge < -0.3 is 9.64 Å². The highest BCUT2D eigenvalue weighted by Crippen LogP contribution is 2.23. The lowest BCUT2D eigenvalue weighted by molar-refractivity contribution is 0.122. The Kier molecular flexibility index (Phi) is 4.43. The highest BCUT2D eigenvalue weighted by atomic mass is 16.5. The van der Waals surface area contributed by atoms with Gasteiger partial charge in [-0.05, 0) is 30.3 Å². The molecule has 4 rings (SSSR count). The van der Waals surface area contributed by atoms with E-state index in [9.17, 15) is 0 Å². The second kappa shape index (κ2) is 7.03. The molecule has 1 saturated heterocycles. The van der Waals surface area contributed by atoms with Gasteiger partial charge in [0.2, 0.25) is 0 Å². The summed E-state index contributed by atoms with van der Waals surface area (Å²) in [5.74, 6) is 1.66. The van der Waals surface area contributed by atoms with Crippen LogP contribution in [0.3, 0.4) is 0 Å². The fraction of sp³-hybridized carbons (Fsp3) is 0.316. The second-order valence-electron chi connectivity index (χ2n) is 5.95. The van der Waals surface area contributed by atoms with E-state index in [-0.39, 0.29) is 0 Å². The molecule has 0 saturated carbocycles. The van der Waals surface area contributed by atoms with E-state index in [1.54, 1.807) is 12.4 Å². The van der Waals surface area contributed by atoms with Crippen LogP contribution in [0.15, 0.2) is 48.9 Å². The average Bonchev–Trinajstić information content (AvgIpc) is 3.19. The van der Waals surface area contributed by atoms with E-state index < -0.39 is 0 Å². The monoisotopic (exact) mass is 335 g/mol. The summed E-state index contributed by atoms with van der Waals surface area (Å²) in [6, 6.07) is 10.5. The first-order valence-corrected chi connectivity index (χ1v) is 8.64. The minimum Gasteiger partial charge on any atom is -0.378 e. The number of aromatic nitrogens is 4. The van der Waals surface area contributed by atoms with Gasteiger partial charge in [0.05, 0.1) is 13.2 Å². The van der Waals surface area contributed by atoms with Crippen molar-refractivity contribution >= 4 is 5.69 Å². The largest absolute Gasteiger partial charge is 0.378 e. The summed E-state index contributed by atoms with van der Waals surface area (Å²) in [5, 5.41) is 0. The van der Waals surface area contributed by atoms with Crippen LogP contribution in [-0.2, 0) is 11.2 Å². The van der Waals surface area contributed by atoms with Crippen molar-refractivity contribution in [2.24, 2.45) is 0 Å². The quantitative estimate of drug-likeness (QED) is 0.734. The number of anilines is 1. The Bertz CT molecular complexity index is 837. The topological polar surface area (TPSA) is 56.1 Å². The van der Waals surface area contributed by atoms with Crippen molar-refractivity contribution in [3.05, 3.63) is 54.7 Å². The van der Waals surface area contributed by atoms with Gasteiger partial charge >= 0.3 is 0 Å². The van der Waals surface area contributed by atoms with Crippen LogP contribution >= 0.6 is 0 Å². The van der Waals surface area contributed by atoms with Crippen LogP contribution in [0.1, 0.15) is 12.7 Å². The first-order valence-electron chi connectivity index (χ1n) is 8.64. The Hall–Kier alpha value is -2.73. The fourth-order valence-corrected chi connectivity index (χ4v) is 3.04. The molecule has 1 fully saturated rings. The van der Waals surface area contributed by atoms with Gasteiger partial charge in [-0.3, -0.25) is 4.57 Å². The number of nitrogens with zero attached hydrogens (tertiary/aromatic N) is 5. The van der Waals surface area contributed by atoms with Gasteiger partial charge in [0.25, 0.3) is 0 Å². The van der Waals surface area contributed by atoms with Crippen LogP contribution in [-0.4, -0.2) is 45.8 Å². The van der Waals surface area contributed by atoms with E-state index in [0.717, 1.165) is 55.8 Å². The number of ether oxygens (including phenoxy) is 1. The summed E-state index contributed by atoms with van der Waals surface area (Å²) < 4.78 is 7.48. The molecule has 25 heavy (non-hydrogen) atoms. The minimum absolute atomic E-state index is 0.793. The molecule has 0 radical (unpaired) electrons. The molecule has 3 aromatic rings. The summed E-state index contributed by atoms with van der Waals surface area (Å²) in [5.41, 5.74) is 3.14. The fourth-order valence-electron chi connectivity index (χ4n) is 3.04. The van der Waals surface area contributed by atoms with Crippen molar-refractivity contribution < 1.29 is 4.74 Å². The molecule has 0 spiro atoms. The SMILES string of the molecule is CCc1nccc(-c2nccn2-c2ccc(N3CCOCC3)cc2)n1. The summed E-state index contributed by atoms with van der Waals surface area (Å²) in [7, 11) is 0. The zero-order chi connectivity index (χ0) is 17.1. The van der Waals surface area contributed by atoms with E-state index in [0.29, 0.717) is 0 Å². The summed E-state index contributed by atoms with van der Waals surface area (Å²) in [6.45, 7) is 5.52. The molecule has 6 nitrogen and oxygen atoms in total. The highest BCUT2D eigenvalue weighted by Gasteiger charge is 2.13. The maximum atomic E-state index is 5.42. The predicted molar refractivity (Wildman–Crippen MR) is 97.0 cm³/mol. The molecule has 0 bridgehead atoms. The average molecular weight is 335 g/mol. The molecule has 6 heteroatoms. The van der Waals surface area contributed by atoms with Gasteiger partial charge in [0.1, 0.15) is 11.5 Å². The van der Waals surface area contributed by atoms with Crippen molar-refractivity contribution in [1.29, 1.82) is 0 Å². The highest BCUT2D eigenvalue weighted by molar-refractivity contribution is 5.57. The smallest absolute Gasteiger partial charge is 0.163 e. The molecule has 0 atom stereocenters. The third-order valence-corrected chi connectivity index (χ3v) is 4.40.